The highest BCUT2D eigenvalue weighted by Crippen LogP contribution is 2.55. The summed E-state index contributed by atoms with van der Waals surface area (Å²) in [7, 11) is 0. The maximum Gasteiger partial charge on any atom is 0.270 e. The van der Waals surface area contributed by atoms with E-state index in [4.69, 9.17) is 18.9 Å². The van der Waals surface area contributed by atoms with Gasteiger partial charge in [-0.15, -0.1) is 0 Å². The molecule has 0 bridgehead atoms. The highest BCUT2D eigenvalue weighted by molar-refractivity contribution is 5.49. The lowest BCUT2D eigenvalue weighted by Crippen LogP contribution is -2.54. The standard InChI is InChI=1S/C15H19NO6/c1-4-19-14(20-5-2)15(3)13-12(21-13)10-8-9(16(17)18)6-7-11(10)22-15/h6-8,12-14H,4-5H2,1-3H3. The number of fused-ring (bicyclic) bond motifs is 3. The Bertz CT molecular complexity index is 585. The Balaban J connectivity index is 1.92. The van der Waals surface area contributed by atoms with Gasteiger partial charge in [-0.1, -0.05) is 0 Å². The molecule has 7 nitrogen and oxygen atoms in total. The summed E-state index contributed by atoms with van der Waals surface area (Å²) < 4.78 is 23.1. The summed E-state index contributed by atoms with van der Waals surface area (Å²) >= 11 is 0. The summed E-state index contributed by atoms with van der Waals surface area (Å²) in [6.45, 7) is 6.65. The molecule has 3 unspecified atom stereocenters. The Morgan fingerprint density at radius 1 is 1.36 bits per heavy atom. The maximum absolute atomic E-state index is 10.9. The van der Waals surface area contributed by atoms with Gasteiger partial charge in [0.1, 0.15) is 18.0 Å². The van der Waals surface area contributed by atoms with Crippen LogP contribution in [0.1, 0.15) is 32.4 Å². The number of nitro benzene ring substituents is 1. The van der Waals surface area contributed by atoms with Crippen LogP contribution in [-0.2, 0) is 14.2 Å². The molecule has 1 aromatic rings. The van der Waals surface area contributed by atoms with Crippen LogP contribution in [0.2, 0.25) is 0 Å². The SMILES string of the molecule is CCOC(OCC)C1(C)Oc2ccc([N+](=O)[O-])cc2C2OC21. The molecule has 3 rings (SSSR count). The van der Waals surface area contributed by atoms with Crippen LogP contribution >= 0.6 is 0 Å². The van der Waals surface area contributed by atoms with Gasteiger partial charge in [0.05, 0.1) is 4.92 Å². The number of hydrogen-bond acceptors (Lipinski definition) is 6. The van der Waals surface area contributed by atoms with Crippen molar-refractivity contribution in [2.75, 3.05) is 13.2 Å². The van der Waals surface area contributed by atoms with Crippen molar-refractivity contribution in [1.29, 1.82) is 0 Å². The molecule has 0 spiro atoms. The van der Waals surface area contributed by atoms with Crippen LogP contribution in [0.5, 0.6) is 5.75 Å². The Morgan fingerprint density at radius 2 is 2.05 bits per heavy atom. The lowest BCUT2D eigenvalue weighted by Gasteiger charge is -2.38. The van der Waals surface area contributed by atoms with E-state index >= 15 is 0 Å². The first kappa shape index (κ1) is 15.2. The summed E-state index contributed by atoms with van der Waals surface area (Å²) in [6, 6.07) is 4.55. The van der Waals surface area contributed by atoms with Gasteiger partial charge in [0.25, 0.3) is 5.69 Å². The van der Waals surface area contributed by atoms with E-state index in [2.05, 4.69) is 0 Å². The first-order valence-electron chi connectivity index (χ1n) is 7.37. The Morgan fingerprint density at radius 3 is 2.64 bits per heavy atom. The molecule has 2 aliphatic heterocycles. The van der Waals surface area contributed by atoms with Gasteiger partial charge < -0.3 is 18.9 Å². The van der Waals surface area contributed by atoms with Gasteiger partial charge in [-0.05, 0) is 26.8 Å². The quantitative estimate of drug-likeness (QED) is 0.347. The minimum absolute atomic E-state index is 0.0337. The van der Waals surface area contributed by atoms with E-state index in [0.29, 0.717) is 24.5 Å². The largest absolute Gasteiger partial charge is 0.479 e. The Hall–Kier alpha value is -1.70. The minimum Gasteiger partial charge on any atom is -0.479 e. The number of epoxide rings is 1. The molecule has 0 aromatic heterocycles. The monoisotopic (exact) mass is 309 g/mol. The van der Waals surface area contributed by atoms with Gasteiger partial charge in [0.15, 0.2) is 11.9 Å². The topological polar surface area (TPSA) is 83.4 Å². The van der Waals surface area contributed by atoms with E-state index in [1.807, 2.05) is 20.8 Å². The first-order chi connectivity index (χ1) is 10.5. The van der Waals surface area contributed by atoms with Gasteiger partial charge in [0.2, 0.25) is 0 Å². The molecule has 7 heteroatoms. The fourth-order valence-electron chi connectivity index (χ4n) is 2.91. The fraction of sp³-hybridized carbons (Fsp3) is 0.600. The van der Waals surface area contributed by atoms with Crippen LogP contribution < -0.4 is 4.74 Å². The van der Waals surface area contributed by atoms with Crippen molar-refractivity contribution in [3.05, 3.63) is 33.9 Å². The Labute approximate surface area is 128 Å². The summed E-state index contributed by atoms with van der Waals surface area (Å²) in [4.78, 5) is 10.5. The van der Waals surface area contributed by atoms with Crippen LogP contribution in [0, 0.1) is 10.1 Å². The fourth-order valence-corrected chi connectivity index (χ4v) is 2.91. The zero-order valence-corrected chi connectivity index (χ0v) is 12.8. The molecule has 0 saturated carbocycles. The van der Waals surface area contributed by atoms with Gasteiger partial charge in [-0.25, -0.2) is 0 Å². The van der Waals surface area contributed by atoms with Crippen molar-refractivity contribution in [3.8, 4) is 5.75 Å². The molecular formula is C15H19NO6. The van der Waals surface area contributed by atoms with E-state index in [0.717, 1.165) is 0 Å². The maximum atomic E-state index is 10.9. The number of nitro groups is 1. The van der Waals surface area contributed by atoms with Crippen LogP contribution in [0.15, 0.2) is 18.2 Å². The molecule has 120 valence electrons. The van der Waals surface area contributed by atoms with Crippen LogP contribution in [0.3, 0.4) is 0 Å². The predicted molar refractivity (Wildman–Crippen MR) is 76.8 cm³/mol. The van der Waals surface area contributed by atoms with Crippen molar-refractivity contribution in [1.82, 2.24) is 0 Å². The van der Waals surface area contributed by atoms with Crippen molar-refractivity contribution in [2.24, 2.45) is 0 Å². The molecule has 0 radical (unpaired) electrons. The van der Waals surface area contributed by atoms with Crippen molar-refractivity contribution in [2.45, 2.75) is 44.9 Å². The van der Waals surface area contributed by atoms with E-state index in [1.165, 1.54) is 12.1 Å². The summed E-state index contributed by atoms with van der Waals surface area (Å²) in [5.74, 6) is 0.580. The zero-order valence-electron chi connectivity index (χ0n) is 12.8. The predicted octanol–water partition coefficient (Wildman–Crippen LogP) is 2.58. The van der Waals surface area contributed by atoms with Crippen LogP contribution in [0.4, 0.5) is 5.69 Å². The average Bonchev–Trinajstić information content (AvgIpc) is 3.28. The van der Waals surface area contributed by atoms with Gasteiger partial charge in [-0.3, -0.25) is 10.1 Å². The first-order valence-corrected chi connectivity index (χ1v) is 7.37. The van der Waals surface area contributed by atoms with E-state index < -0.39 is 16.8 Å². The number of non-ortho nitro benzene ring substituents is 1. The van der Waals surface area contributed by atoms with Crippen molar-refractivity contribution < 1.29 is 23.9 Å². The second-order valence-electron chi connectivity index (χ2n) is 5.49. The minimum atomic E-state index is -0.778. The molecule has 0 amide bonds. The smallest absolute Gasteiger partial charge is 0.270 e. The van der Waals surface area contributed by atoms with Crippen LogP contribution in [-0.4, -0.2) is 36.1 Å². The van der Waals surface area contributed by atoms with Crippen LogP contribution in [0.25, 0.3) is 0 Å². The van der Waals surface area contributed by atoms with E-state index in [9.17, 15) is 10.1 Å². The van der Waals surface area contributed by atoms with E-state index in [-0.39, 0.29) is 17.9 Å². The normalized spacial score (nSPS) is 28.7. The molecule has 0 N–H and O–H groups in total. The second-order valence-corrected chi connectivity index (χ2v) is 5.49. The number of hydrogen-bond donors (Lipinski definition) is 0. The molecule has 1 saturated heterocycles. The molecule has 2 heterocycles. The third-order valence-corrected chi connectivity index (χ3v) is 4.00. The molecule has 22 heavy (non-hydrogen) atoms. The number of nitrogens with zero attached hydrogens (tertiary/aromatic N) is 1. The number of benzene rings is 1. The second kappa shape index (κ2) is 5.49. The van der Waals surface area contributed by atoms with Gasteiger partial charge in [-0.2, -0.15) is 0 Å². The molecule has 1 fully saturated rings. The third-order valence-electron chi connectivity index (χ3n) is 4.00. The molecule has 2 aliphatic rings. The lowest BCUT2D eigenvalue weighted by molar-refractivity contribution is -0.385. The molecule has 3 atom stereocenters. The average molecular weight is 309 g/mol. The number of ether oxygens (including phenoxy) is 4. The lowest BCUT2D eigenvalue weighted by atomic mass is 9.91. The van der Waals surface area contributed by atoms with Gasteiger partial charge in [0, 0.05) is 30.9 Å². The summed E-state index contributed by atoms with van der Waals surface area (Å²) in [5.41, 5.74) is -0.0328. The third kappa shape index (κ3) is 2.35. The van der Waals surface area contributed by atoms with Crippen molar-refractivity contribution in [3.63, 3.8) is 0 Å². The Kier molecular flexibility index (Phi) is 3.80. The molecule has 1 aromatic carbocycles. The zero-order chi connectivity index (χ0) is 15.9. The number of rotatable bonds is 6. The summed E-state index contributed by atoms with van der Waals surface area (Å²) in [6.07, 6.45) is -0.997. The molecule has 0 aliphatic carbocycles. The molecular weight excluding hydrogens is 290 g/mol. The van der Waals surface area contributed by atoms with Gasteiger partial charge >= 0.3 is 0 Å². The highest BCUT2D eigenvalue weighted by Gasteiger charge is 2.63. The highest BCUT2D eigenvalue weighted by atomic mass is 16.7. The van der Waals surface area contributed by atoms with Crippen molar-refractivity contribution >= 4 is 5.69 Å². The summed E-state index contributed by atoms with van der Waals surface area (Å²) in [5, 5.41) is 10.9. The van der Waals surface area contributed by atoms with E-state index in [1.54, 1.807) is 6.07 Å².